The van der Waals surface area contributed by atoms with Crippen LogP contribution in [0, 0.1) is 5.92 Å². The van der Waals surface area contributed by atoms with Crippen molar-refractivity contribution in [2.45, 2.75) is 31.7 Å². The first-order valence-corrected chi connectivity index (χ1v) is 11.1. The van der Waals surface area contributed by atoms with Crippen molar-refractivity contribution in [1.82, 2.24) is 10.6 Å². The molecule has 8 heteroatoms. The van der Waals surface area contributed by atoms with Gasteiger partial charge in [-0.15, -0.1) is 0 Å². The zero-order valence-electron chi connectivity index (χ0n) is 18.9. The highest BCUT2D eigenvalue weighted by molar-refractivity contribution is 5.85. The predicted octanol–water partition coefficient (Wildman–Crippen LogP) is 3.16. The van der Waals surface area contributed by atoms with Gasteiger partial charge in [0, 0.05) is 32.6 Å². The third-order valence-corrected chi connectivity index (χ3v) is 5.93. The van der Waals surface area contributed by atoms with E-state index in [-0.39, 0.29) is 32.1 Å². The molecule has 1 aliphatic carbocycles. The van der Waals surface area contributed by atoms with E-state index in [2.05, 4.69) is 22.8 Å². The molecule has 3 N–H and O–H groups in total. The molecule has 3 rings (SSSR count). The summed E-state index contributed by atoms with van der Waals surface area (Å²) in [6, 6.07) is 15.1. The van der Waals surface area contributed by atoms with E-state index >= 15 is 0 Å². The molecular formula is C25H30N2O6. The second-order valence-corrected chi connectivity index (χ2v) is 7.99. The van der Waals surface area contributed by atoms with E-state index < -0.39 is 29.9 Å². The molecule has 33 heavy (non-hydrogen) atoms. The van der Waals surface area contributed by atoms with Crippen molar-refractivity contribution in [3.8, 4) is 11.1 Å². The van der Waals surface area contributed by atoms with Crippen molar-refractivity contribution in [1.29, 1.82) is 0 Å². The zero-order chi connectivity index (χ0) is 23.8. The van der Waals surface area contributed by atoms with Crippen LogP contribution in [0.25, 0.3) is 11.1 Å². The van der Waals surface area contributed by atoms with Gasteiger partial charge in [0.2, 0.25) is 5.91 Å². The summed E-state index contributed by atoms with van der Waals surface area (Å²) in [5.74, 6) is -2.18. The average molecular weight is 455 g/mol. The van der Waals surface area contributed by atoms with E-state index in [1.807, 2.05) is 36.4 Å². The monoisotopic (exact) mass is 454 g/mol. The number of amides is 2. The van der Waals surface area contributed by atoms with Crippen LogP contribution in [0.2, 0.25) is 0 Å². The molecule has 0 aliphatic heterocycles. The molecule has 2 aromatic carbocycles. The summed E-state index contributed by atoms with van der Waals surface area (Å²) in [6.07, 6.45) is -0.0165. The predicted molar refractivity (Wildman–Crippen MR) is 123 cm³/mol. The summed E-state index contributed by atoms with van der Waals surface area (Å²) in [4.78, 5) is 36.2. The van der Waals surface area contributed by atoms with Gasteiger partial charge in [-0.05, 0) is 28.7 Å². The molecule has 176 valence electrons. The molecule has 2 aromatic rings. The fraction of sp³-hybridized carbons (Fsp3) is 0.400. The largest absolute Gasteiger partial charge is 0.480 e. The van der Waals surface area contributed by atoms with Gasteiger partial charge in [0.1, 0.15) is 12.6 Å². The summed E-state index contributed by atoms with van der Waals surface area (Å²) in [7, 11) is 1.47. The first-order chi connectivity index (χ1) is 16.0. The minimum absolute atomic E-state index is 0.0504. The van der Waals surface area contributed by atoms with Crippen LogP contribution in [0.1, 0.15) is 36.8 Å². The summed E-state index contributed by atoms with van der Waals surface area (Å²) in [5.41, 5.74) is 4.53. The molecule has 0 spiro atoms. The molecule has 0 bridgehead atoms. The molecule has 0 saturated heterocycles. The molecule has 0 saturated carbocycles. The van der Waals surface area contributed by atoms with Crippen molar-refractivity contribution in [2.24, 2.45) is 5.92 Å². The summed E-state index contributed by atoms with van der Waals surface area (Å²) in [6.45, 7) is 2.25. The highest BCUT2D eigenvalue weighted by Crippen LogP contribution is 2.44. The summed E-state index contributed by atoms with van der Waals surface area (Å²) in [5, 5.41) is 14.4. The Kier molecular flexibility index (Phi) is 8.43. The number of carboxylic acids is 1. The standard InChI is InChI=1S/C25H30N2O6/c1-3-16(23(28)27-22(24(29)30)12-13-32-2)14-26-25(31)33-15-21-19-10-6-4-8-17(19)18-9-5-7-11-20(18)21/h4-11,16,21-22H,3,12-15H2,1-2H3,(H,26,31)(H,27,28)(H,29,30). The van der Waals surface area contributed by atoms with Gasteiger partial charge < -0.3 is 25.2 Å². The third kappa shape index (κ3) is 5.90. The van der Waals surface area contributed by atoms with Gasteiger partial charge >= 0.3 is 12.1 Å². The third-order valence-electron chi connectivity index (χ3n) is 5.93. The number of rotatable bonds is 11. The number of carbonyl (C=O) groups excluding carboxylic acids is 2. The van der Waals surface area contributed by atoms with Crippen molar-refractivity contribution < 1.29 is 29.0 Å². The molecule has 2 unspecified atom stereocenters. The normalized spacial score (nSPS) is 14.0. The number of nitrogens with one attached hydrogen (secondary N) is 2. The minimum atomic E-state index is -1.13. The van der Waals surface area contributed by atoms with Crippen LogP contribution in [0.4, 0.5) is 4.79 Å². The molecule has 0 aromatic heterocycles. The van der Waals surface area contributed by atoms with E-state index in [0.29, 0.717) is 6.42 Å². The Hall–Kier alpha value is -3.39. The lowest BCUT2D eigenvalue weighted by Gasteiger charge is -2.20. The van der Waals surface area contributed by atoms with E-state index in [9.17, 15) is 19.5 Å². The Labute approximate surface area is 193 Å². The maximum Gasteiger partial charge on any atom is 0.407 e. The van der Waals surface area contributed by atoms with Crippen LogP contribution >= 0.6 is 0 Å². The molecule has 2 amide bonds. The topological polar surface area (TPSA) is 114 Å². The van der Waals surface area contributed by atoms with Crippen LogP contribution in [-0.4, -0.2) is 56.0 Å². The van der Waals surface area contributed by atoms with Crippen LogP contribution in [0.3, 0.4) is 0 Å². The Morgan fingerprint density at radius 2 is 1.64 bits per heavy atom. The van der Waals surface area contributed by atoms with Gasteiger partial charge in [0.25, 0.3) is 0 Å². The molecule has 2 atom stereocenters. The number of aliphatic carboxylic acids is 1. The quantitative estimate of drug-likeness (QED) is 0.481. The Balaban J connectivity index is 1.53. The molecular weight excluding hydrogens is 424 g/mol. The smallest absolute Gasteiger partial charge is 0.407 e. The van der Waals surface area contributed by atoms with E-state index in [4.69, 9.17) is 9.47 Å². The molecule has 0 fully saturated rings. The lowest BCUT2D eigenvalue weighted by Crippen LogP contribution is -2.46. The zero-order valence-corrected chi connectivity index (χ0v) is 18.9. The van der Waals surface area contributed by atoms with Gasteiger partial charge in [-0.25, -0.2) is 9.59 Å². The van der Waals surface area contributed by atoms with Crippen LogP contribution in [0.5, 0.6) is 0 Å². The number of alkyl carbamates (subject to hydrolysis) is 1. The minimum Gasteiger partial charge on any atom is -0.480 e. The maximum atomic E-state index is 12.5. The Bertz CT molecular complexity index is 947. The summed E-state index contributed by atoms with van der Waals surface area (Å²) < 4.78 is 10.4. The van der Waals surface area contributed by atoms with E-state index in [1.165, 1.54) is 7.11 Å². The number of methoxy groups -OCH3 is 1. The SMILES string of the molecule is CCC(CNC(=O)OCC1c2ccccc2-c2ccccc21)C(=O)NC(CCOC)C(=O)O. The maximum absolute atomic E-state index is 12.5. The number of hydrogen-bond donors (Lipinski definition) is 3. The van der Waals surface area contributed by atoms with Gasteiger partial charge in [-0.1, -0.05) is 55.5 Å². The number of fused-ring (bicyclic) bond motifs is 3. The first kappa shape index (κ1) is 24.3. The lowest BCUT2D eigenvalue weighted by molar-refractivity contribution is -0.143. The lowest BCUT2D eigenvalue weighted by atomic mass is 9.98. The first-order valence-electron chi connectivity index (χ1n) is 11.1. The van der Waals surface area contributed by atoms with Crippen molar-refractivity contribution in [3.63, 3.8) is 0 Å². The second-order valence-electron chi connectivity index (χ2n) is 7.99. The van der Waals surface area contributed by atoms with Gasteiger partial charge in [0.05, 0.1) is 5.92 Å². The molecule has 8 nitrogen and oxygen atoms in total. The van der Waals surface area contributed by atoms with Crippen molar-refractivity contribution in [2.75, 3.05) is 26.9 Å². The highest BCUT2D eigenvalue weighted by Gasteiger charge is 2.29. The van der Waals surface area contributed by atoms with Crippen molar-refractivity contribution in [3.05, 3.63) is 59.7 Å². The number of benzene rings is 2. The number of carboxylic acid groups (broad SMARTS) is 1. The molecule has 0 radical (unpaired) electrons. The van der Waals surface area contributed by atoms with Gasteiger partial charge in [-0.2, -0.15) is 0 Å². The van der Waals surface area contributed by atoms with E-state index in [0.717, 1.165) is 22.3 Å². The summed E-state index contributed by atoms with van der Waals surface area (Å²) >= 11 is 0. The second kappa shape index (κ2) is 11.5. The fourth-order valence-corrected chi connectivity index (χ4v) is 4.06. The average Bonchev–Trinajstić information content (AvgIpc) is 3.14. The molecule has 0 heterocycles. The van der Waals surface area contributed by atoms with Crippen LogP contribution in [-0.2, 0) is 19.1 Å². The van der Waals surface area contributed by atoms with Crippen LogP contribution in [0.15, 0.2) is 48.5 Å². The van der Waals surface area contributed by atoms with Gasteiger partial charge in [-0.3, -0.25) is 4.79 Å². The highest BCUT2D eigenvalue weighted by atomic mass is 16.5. The fourth-order valence-electron chi connectivity index (χ4n) is 4.06. The van der Waals surface area contributed by atoms with Crippen molar-refractivity contribution >= 4 is 18.0 Å². The van der Waals surface area contributed by atoms with Gasteiger partial charge in [0.15, 0.2) is 0 Å². The Morgan fingerprint density at radius 3 is 2.18 bits per heavy atom. The van der Waals surface area contributed by atoms with Crippen LogP contribution < -0.4 is 10.6 Å². The number of carbonyl (C=O) groups is 3. The number of hydrogen-bond acceptors (Lipinski definition) is 5. The van der Waals surface area contributed by atoms with E-state index in [1.54, 1.807) is 6.92 Å². The Morgan fingerprint density at radius 1 is 1.03 bits per heavy atom. The number of ether oxygens (including phenoxy) is 2. The molecule has 1 aliphatic rings.